The molecule has 4 heteroatoms. The van der Waals surface area contributed by atoms with Gasteiger partial charge in [0.2, 0.25) is 0 Å². The van der Waals surface area contributed by atoms with Crippen molar-refractivity contribution in [3.8, 4) is 0 Å². The second-order valence-electron chi connectivity index (χ2n) is 11.4. The van der Waals surface area contributed by atoms with Crippen molar-refractivity contribution in [1.29, 1.82) is 0 Å². The molecule has 0 amide bonds. The first-order valence-corrected chi connectivity index (χ1v) is 16.9. The first-order valence-electron chi connectivity index (χ1n) is 11.1. The number of benzene rings is 1. The molecule has 2 atom stereocenters. The molecule has 0 aliphatic heterocycles. The summed E-state index contributed by atoms with van der Waals surface area (Å²) in [6.45, 7) is 26.3. The summed E-state index contributed by atoms with van der Waals surface area (Å²) >= 11 is 0. The first kappa shape index (κ1) is 26.3. The van der Waals surface area contributed by atoms with E-state index in [1.807, 2.05) is 0 Å². The average molecular weight is 435 g/mol. The van der Waals surface area contributed by atoms with Crippen molar-refractivity contribution in [3.63, 3.8) is 0 Å². The predicted molar refractivity (Wildman–Crippen MR) is 134 cm³/mol. The lowest BCUT2D eigenvalue weighted by Gasteiger charge is -2.41. The van der Waals surface area contributed by atoms with E-state index >= 15 is 0 Å². The Morgan fingerprint density at radius 1 is 0.862 bits per heavy atom. The van der Waals surface area contributed by atoms with Gasteiger partial charge in [0, 0.05) is 6.61 Å². The van der Waals surface area contributed by atoms with Gasteiger partial charge >= 0.3 is 0 Å². The molecule has 166 valence electrons. The summed E-state index contributed by atoms with van der Waals surface area (Å²) in [4.78, 5) is 0. The van der Waals surface area contributed by atoms with Crippen LogP contribution >= 0.6 is 0 Å². The van der Waals surface area contributed by atoms with Gasteiger partial charge in [-0.25, -0.2) is 0 Å². The smallest absolute Gasteiger partial charge is 0.192 e. The van der Waals surface area contributed by atoms with Crippen molar-refractivity contribution in [1.82, 2.24) is 0 Å². The minimum atomic E-state index is -1.85. The highest BCUT2D eigenvalue weighted by atomic mass is 28.4. The van der Waals surface area contributed by atoms with Crippen LogP contribution in [0.15, 0.2) is 36.4 Å². The molecule has 1 aromatic rings. The van der Waals surface area contributed by atoms with Gasteiger partial charge in [-0.05, 0) is 54.2 Å². The van der Waals surface area contributed by atoms with E-state index in [-0.39, 0.29) is 16.2 Å². The summed E-state index contributed by atoms with van der Waals surface area (Å²) < 4.78 is 13.4. The largest absolute Gasteiger partial charge is 0.417 e. The van der Waals surface area contributed by atoms with E-state index in [2.05, 4.69) is 117 Å². The zero-order valence-electron chi connectivity index (χ0n) is 20.9. The Kier molecular flexibility index (Phi) is 9.16. The highest BCUT2D eigenvalue weighted by Gasteiger charge is 2.41. The van der Waals surface area contributed by atoms with Crippen LogP contribution in [0.2, 0.25) is 36.3 Å². The lowest BCUT2D eigenvalue weighted by molar-refractivity contribution is 0.113. The fourth-order valence-corrected chi connectivity index (χ4v) is 5.09. The minimum absolute atomic E-state index is 0.181. The van der Waals surface area contributed by atoms with Gasteiger partial charge < -0.3 is 8.85 Å². The quantitative estimate of drug-likeness (QED) is 0.365. The van der Waals surface area contributed by atoms with Crippen LogP contribution < -0.4 is 0 Å². The molecule has 0 bridgehead atoms. The Bertz CT molecular complexity index is 637. The lowest BCUT2D eigenvalue weighted by atomic mass is 10.0. The highest BCUT2D eigenvalue weighted by Crippen LogP contribution is 2.39. The van der Waals surface area contributed by atoms with Gasteiger partial charge in [-0.15, -0.1) is 0 Å². The van der Waals surface area contributed by atoms with Gasteiger partial charge in [0.1, 0.15) is 0 Å². The van der Waals surface area contributed by atoms with E-state index in [1.54, 1.807) is 0 Å². The van der Waals surface area contributed by atoms with Crippen LogP contribution in [0.5, 0.6) is 0 Å². The Morgan fingerprint density at radius 3 is 1.86 bits per heavy atom. The van der Waals surface area contributed by atoms with Crippen LogP contribution in [0.4, 0.5) is 0 Å². The Hall–Kier alpha value is -0.686. The van der Waals surface area contributed by atoms with Crippen LogP contribution in [0.25, 0.3) is 6.08 Å². The normalized spacial score (nSPS) is 16.2. The van der Waals surface area contributed by atoms with Crippen LogP contribution in [0.3, 0.4) is 0 Å². The molecule has 0 aliphatic rings. The monoisotopic (exact) mass is 434 g/mol. The molecule has 0 aromatic heterocycles. The van der Waals surface area contributed by atoms with Crippen molar-refractivity contribution in [2.75, 3.05) is 6.61 Å². The van der Waals surface area contributed by atoms with Gasteiger partial charge in [-0.3, -0.25) is 0 Å². The van der Waals surface area contributed by atoms with Gasteiger partial charge in [0.15, 0.2) is 16.6 Å². The third-order valence-corrected chi connectivity index (χ3v) is 15.9. The molecule has 0 heterocycles. The maximum atomic E-state index is 6.88. The second kappa shape index (κ2) is 10.1. The molecule has 0 unspecified atom stereocenters. The van der Waals surface area contributed by atoms with Gasteiger partial charge in [0.25, 0.3) is 0 Å². The highest BCUT2D eigenvalue weighted by molar-refractivity contribution is 6.74. The van der Waals surface area contributed by atoms with Crippen molar-refractivity contribution in [3.05, 3.63) is 42.0 Å². The summed E-state index contributed by atoms with van der Waals surface area (Å²) in [5.74, 6) is 0.340. The molecule has 1 aromatic carbocycles. The first-order chi connectivity index (χ1) is 13.1. The molecule has 0 spiro atoms. The molecule has 0 fully saturated rings. The van der Waals surface area contributed by atoms with Crippen molar-refractivity contribution in [2.24, 2.45) is 5.92 Å². The summed E-state index contributed by atoms with van der Waals surface area (Å²) in [5.41, 5.74) is 1.24. The molecule has 0 aliphatic carbocycles. The van der Waals surface area contributed by atoms with Crippen LogP contribution in [-0.2, 0) is 8.85 Å². The van der Waals surface area contributed by atoms with Gasteiger partial charge in [-0.1, -0.05) is 91.0 Å². The Morgan fingerprint density at radius 2 is 1.38 bits per heavy atom. The van der Waals surface area contributed by atoms with E-state index in [0.29, 0.717) is 5.92 Å². The number of hydrogen-bond donors (Lipinski definition) is 0. The van der Waals surface area contributed by atoms with E-state index in [9.17, 15) is 0 Å². The fourth-order valence-electron chi connectivity index (χ4n) is 2.58. The van der Waals surface area contributed by atoms with Gasteiger partial charge in [-0.2, -0.15) is 0 Å². The summed E-state index contributed by atoms with van der Waals surface area (Å²) in [6, 6.07) is 10.5. The van der Waals surface area contributed by atoms with E-state index in [0.717, 1.165) is 13.0 Å². The number of hydrogen-bond acceptors (Lipinski definition) is 2. The molecular formula is C25H46O2Si2. The Balaban J connectivity index is 2.92. The van der Waals surface area contributed by atoms with E-state index in [4.69, 9.17) is 8.85 Å². The topological polar surface area (TPSA) is 18.5 Å². The molecule has 0 saturated heterocycles. The van der Waals surface area contributed by atoms with E-state index in [1.165, 1.54) is 5.56 Å². The molecule has 2 nitrogen and oxygen atoms in total. The van der Waals surface area contributed by atoms with Crippen molar-refractivity contribution in [2.45, 2.75) is 97.3 Å². The molecule has 1 rings (SSSR count). The fraction of sp³-hybridized carbons (Fsp3) is 0.680. The van der Waals surface area contributed by atoms with Crippen LogP contribution in [0.1, 0.15) is 60.5 Å². The molecule has 0 N–H and O–H groups in total. The minimum Gasteiger partial charge on any atom is -0.417 e. The molecule has 0 saturated carbocycles. The third kappa shape index (κ3) is 8.16. The second-order valence-corrected chi connectivity index (χ2v) is 21.0. The standard InChI is InChI=1S/C25H46O2Si2/c1-21(17-18-22-15-13-12-14-16-22)23(27-29(10,11)25(5,6)7)19-20-26-28(8,9)24(2,3)4/h12-18,21,23H,19-20H2,1-11H3/b18-17-/t21-,23+/m1/s1. The summed E-state index contributed by atoms with van der Waals surface area (Å²) in [5, 5.41) is 0.440. The maximum Gasteiger partial charge on any atom is 0.192 e. The van der Waals surface area contributed by atoms with E-state index < -0.39 is 16.6 Å². The lowest BCUT2D eigenvalue weighted by Crippen LogP contribution is -2.46. The SMILES string of the molecule is C[C@H](/C=C\c1ccccc1)[C@H](CCO[Si](C)(C)C(C)(C)C)O[Si](C)(C)C(C)(C)C. The van der Waals surface area contributed by atoms with Crippen LogP contribution in [-0.4, -0.2) is 29.3 Å². The zero-order chi connectivity index (χ0) is 22.5. The Labute approximate surface area is 183 Å². The van der Waals surface area contributed by atoms with Crippen molar-refractivity contribution >= 4 is 22.7 Å². The third-order valence-electron chi connectivity index (χ3n) is 6.90. The molecule has 29 heavy (non-hydrogen) atoms. The maximum absolute atomic E-state index is 6.88. The predicted octanol–water partition coefficient (Wildman–Crippen LogP) is 8.14. The average Bonchev–Trinajstić information content (AvgIpc) is 2.57. The van der Waals surface area contributed by atoms with Crippen LogP contribution in [0, 0.1) is 5.92 Å². The summed E-state index contributed by atoms with van der Waals surface area (Å²) in [7, 11) is -3.58. The molecule has 0 radical (unpaired) electrons. The molecular weight excluding hydrogens is 388 g/mol. The number of rotatable bonds is 9. The van der Waals surface area contributed by atoms with Crippen molar-refractivity contribution < 1.29 is 8.85 Å². The van der Waals surface area contributed by atoms with Gasteiger partial charge in [0.05, 0.1) is 6.10 Å². The zero-order valence-corrected chi connectivity index (χ0v) is 22.9. The summed E-state index contributed by atoms with van der Waals surface area (Å²) in [6.07, 6.45) is 5.65.